The minimum Gasteiger partial charge on any atom is -0.495 e. The van der Waals surface area contributed by atoms with Crippen LogP contribution in [0.4, 0.5) is 5.69 Å². The Bertz CT molecular complexity index is 993. The van der Waals surface area contributed by atoms with Gasteiger partial charge in [-0.1, -0.05) is 36.7 Å². The highest BCUT2D eigenvalue weighted by Gasteiger charge is 2.34. The largest absolute Gasteiger partial charge is 0.495 e. The van der Waals surface area contributed by atoms with Crippen LogP contribution in [-0.2, 0) is 21.2 Å². The first kappa shape index (κ1) is 20.6. The molecule has 0 aromatic heterocycles. The molecule has 0 spiro atoms. The van der Waals surface area contributed by atoms with Crippen LogP contribution in [0.25, 0.3) is 0 Å². The van der Waals surface area contributed by atoms with Crippen LogP contribution < -0.4 is 9.64 Å². The highest BCUT2D eigenvalue weighted by molar-refractivity contribution is 7.89. The van der Waals surface area contributed by atoms with E-state index in [1.54, 1.807) is 11.8 Å². The Morgan fingerprint density at radius 3 is 2.64 bits per heavy atom. The van der Waals surface area contributed by atoms with Crippen LogP contribution in [0.3, 0.4) is 0 Å². The van der Waals surface area contributed by atoms with E-state index in [0.717, 1.165) is 17.7 Å². The molecule has 0 saturated carbocycles. The maximum Gasteiger partial charge on any atom is 0.243 e. The number of anilines is 1. The van der Waals surface area contributed by atoms with Crippen molar-refractivity contribution in [3.63, 3.8) is 0 Å². The van der Waals surface area contributed by atoms with Crippen molar-refractivity contribution in [2.45, 2.75) is 31.2 Å². The lowest BCUT2D eigenvalue weighted by Crippen LogP contribution is -2.45. The average Bonchev–Trinajstić information content (AvgIpc) is 3.01. The first-order valence-corrected chi connectivity index (χ1v) is 10.8. The van der Waals surface area contributed by atoms with Gasteiger partial charge in [-0.2, -0.15) is 4.31 Å². The third-order valence-electron chi connectivity index (χ3n) is 4.90. The molecule has 0 saturated heterocycles. The van der Waals surface area contributed by atoms with Crippen molar-refractivity contribution in [2.24, 2.45) is 0 Å². The lowest BCUT2D eigenvalue weighted by molar-refractivity contribution is -0.119. The Morgan fingerprint density at radius 1 is 1.29 bits per heavy atom. The first-order valence-electron chi connectivity index (χ1n) is 9.03. The number of para-hydroxylation sites is 1. The lowest BCUT2D eigenvalue weighted by atomic mass is 10.1. The van der Waals surface area contributed by atoms with Gasteiger partial charge < -0.3 is 9.64 Å². The topological polar surface area (TPSA) is 66.9 Å². The van der Waals surface area contributed by atoms with Gasteiger partial charge in [-0.25, -0.2) is 8.42 Å². The van der Waals surface area contributed by atoms with Crippen molar-refractivity contribution in [1.29, 1.82) is 0 Å². The van der Waals surface area contributed by atoms with Gasteiger partial charge in [0.2, 0.25) is 15.9 Å². The molecule has 8 heteroatoms. The van der Waals surface area contributed by atoms with Crippen LogP contribution in [0.5, 0.6) is 5.75 Å². The fourth-order valence-electron chi connectivity index (χ4n) is 3.50. The van der Waals surface area contributed by atoms with E-state index < -0.39 is 10.0 Å². The zero-order valence-electron chi connectivity index (χ0n) is 16.1. The van der Waals surface area contributed by atoms with Crippen LogP contribution in [-0.4, -0.2) is 44.9 Å². The molecule has 0 radical (unpaired) electrons. The highest BCUT2D eigenvalue weighted by atomic mass is 35.5. The highest BCUT2D eigenvalue weighted by Crippen LogP contribution is 2.32. The zero-order valence-corrected chi connectivity index (χ0v) is 17.6. The lowest BCUT2D eigenvalue weighted by Gasteiger charge is -2.27. The van der Waals surface area contributed by atoms with Gasteiger partial charge in [0.05, 0.1) is 23.6 Å². The van der Waals surface area contributed by atoms with Crippen molar-refractivity contribution in [2.75, 3.05) is 25.1 Å². The molecule has 1 aliphatic heterocycles. The van der Waals surface area contributed by atoms with Gasteiger partial charge in [0.1, 0.15) is 5.75 Å². The van der Waals surface area contributed by atoms with E-state index in [4.69, 9.17) is 16.3 Å². The molecular formula is C20H23ClN2O4S. The molecule has 0 bridgehead atoms. The zero-order chi connectivity index (χ0) is 20.5. The summed E-state index contributed by atoms with van der Waals surface area (Å²) >= 11 is 6.08. The monoisotopic (exact) mass is 422 g/mol. The van der Waals surface area contributed by atoms with Crippen molar-refractivity contribution in [3.05, 3.63) is 53.1 Å². The number of methoxy groups -OCH3 is 1. The van der Waals surface area contributed by atoms with Crippen LogP contribution in [0, 0.1) is 0 Å². The van der Waals surface area contributed by atoms with E-state index >= 15 is 0 Å². The van der Waals surface area contributed by atoms with Gasteiger partial charge in [0, 0.05) is 18.3 Å². The summed E-state index contributed by atoms with van der Waals surface area (Å²) in [5, 5.41) is 0.202. The van der Waals surface area contributed by atoms with Gasteiger partial charge in [-0.15, -0.1) is 0 Å². The number of ether oxygens (including phenoxy) is 1. The van der Waals surface area contributed by atoms with E-state index in [-0.39, 0.29) is 35.0 Å². The number of sulfonamides is 1. The fourth-order valence-corrected chi connectivity index (χ4v) is 5.24. The standard InChI is InChI=1S/C20H23ClN2O4S/c1-4-22(28(25,26)16-9-10-19(27-3)17(21)12-16)13-20(24)23-14(2)11-15-7-5-6-8-18(15)23/h5-10,12,14H,4,11,13H2,1-3H3. The Hall–Kier alpha value is -2.09. The number of halogens is 1. The van der Waals surface area contributed by atoms with Crippen LogP contribution >= 0.6 is 11.6 Å². The SMILES string of the molecule is CCN(CC(=O)N1c2ccccc2CC1C)S(=O)(=O)c1ccc(OC)c(Cl)c1. The smallest absolute Gasteiger partial charge is 0.243 e. The van der Waals surface area contributed by atoms with Crippen LogP contribution in [0.2, 0.25) is 5.02 Å². The van der Waals surface area contributed by atoms with Crippen LogP contribution in [0.1, 0.15) is 19.4 Å². The number of hydrogen-bond donors (Lipinski definition) is 0. The number of amides is 1. The number of hydrogen-bond acceptors (Lipinski definition) is 4. The third-order valence-corrected chi connectivity index (χ3v) is 7.11. The van der Waals surface area contributed by atoms with Gasteiger partial charge in [0.25, 0.3) is 0 Å². The summed E-state index contributed by atoms with van der Waals surface area (Å²) in [6, 6.07) is 12.0. The Kier molecular flexibility index (Phi) is 5.98. The van der Waals surface area contributed by atoms with Gasteiger partial charge in [-0.3, -0.25) is 4.79 Å². The Balaban J connectivity index is 1.86. The predicted molar refractivity (Wildman–Crippen MR) is 110 cm³/mol. The second-order valence-electron chi connectivity index (χ2n) is 6.67. The maximum atomic E-state index is 13.0. The molecular weight excluding hydrogens is 400 g/mol. The predicted octanol–water partition coefficient (Wildman–Crippen LogP) is 3.34. The maximum absolute atomic E-state index is 13.0. The molecule has 1 aliphatic rings. The first-order chi connectivity index (χ1) is 13.3. The van der Waals surface area contributed by atoms with Crippen molar-refractivity contribution >= 4 is 33.2 Å². The molecule has 2 aromatic rings. The van der Waals surface area contributed by atoms with Gasteiger partial charge >= 0.3 is 0 Å². The van der Waals surface area contributed by atoms with Crippen LogP contribution in [0.15, 0.2) is 47.4 Å². The number of likely N-dealkylation sites (N-methyl/N-ethyl adjacent to an activating group) is 1. The number of carbonyl (C=O) groups excluding carboxylic acids is 1. The average molecular weight is 423 g/mol. The molecule has 6 nitrogen and oxygen atoms in total. The molecule has 0 N–H and O–H groups in total. The normalized spacial score (nSPS) is 16.3. The van der Waals surface area contributed by atoms with E-state index in [2.05, 4.69) is 0 Å². The Morgan fingerprint density at radius 2 is 2.00 bits per heavy atom. The summed E-state index contributed by atoms with van der Waals surface area (Å²) < 4.78 is 32.3. The number of carbonyl (C=O) groups is 1. The van der Waals surface area contributed by atoms with Crippen molar-refractivity contribution in [1.82, 2.24) is 4.31 Å². The van der Waals surface area contributed by atoms with Crippen molar-refractivity contribution in [3.8, 4) is 5.75 Å². The molecule has 2 aromatic carbocycles. The number of benzene rings is 2. The number of nitrogens with zero attached hydrogens (tertiary/aromatic N) is 2. The second-order valence-corrected chi connectivity index (χ2v) is 9.02. The summed E-state index contributed by atoms with van der Waals surface area (Å²) in [4.78, 5) is 14.7. The Labute approximate surface area is 170 Å². The number of rotatable bonds is 6. The van der Waals surface area contributed by atoms with Gasteiger partial charge in [0.15, 0.2) is 0 Å². The van der Waals surface area contributed by atoms with Crippen molar-refractivity contribution < 1.29 is 17.9 Å². The summed E-state index contributed by atoms with van der Waals surface area (Å²) in [6.45, 7) is 3.60. The summed E-state index contributed by atoms with van der Waals surface area (Å²) in [7, 11) is -2.41. The molecule has 1 unspecified atom stereocenters. The number of fused-ring (bicyclic) bond motifs is 1. The summed E-state index contributed by atoms with van der Waals surface area (Å²) in [5.41, 5.74) is 1.94. The quantitative estimate of drug-likeness (QED) is 0.716. The second kappa shape index (κ2) is 8.11. The molecule has 3 rings (SSSR count). The van der Waals surface area contributed by atoms with E-state index in [1.807, 2.05) is 31.2 Å². The molecule has 1 heterocycles. The molecule has 1 atom stereocenters. The van der Waals surface area contributed by atoms with Gasteiger partial charge in [-0.05, 0) is 43.2 Å². The third kappa shape index (κ3) is 3.74. The molecule has 1 amide bonds. The van der Waals surface area contributed by atoms with E-state index in [0.29, 0.717) is 5.75 Å². The van der Waals surface area contributed by atoms with E-state index in [9.17, 15) is 13.2 Å². The molecule has 28 heavy (non-hydrogen) atoms. The molecule has 150 valence electrons. The minimum absolute atomic E-state index is 0.0123. The molecule has 0 aliphatic carbocycles. The fraction of sp³-hybridized carbons (Fsp3) is 0.350. The summed E-state index contributed by atoms with van der Waals surface area (Å²) in [6.07, 6.45) is 0.759. The minimum atomic E-state index is -3.87. The molecule has 0 fully saturated rings. The summed E-state index contributed by atoms with van der Waals surface area (Å²) in [5.74, 6) is 0.143. The van der Waals surface area contributed by atoms with E-state index in [1.165, 1.54) is 29.6 Å².